The predicted molar refractivity (Wildman–Crippen MR) is 247 cm³/mol. The molecule has 0 spiro atoms. The maximum atomic E-state index is 6.48. The Hall–Kier alpha value is -7.22. The number of benzene rings is 9. The molecule has 0 radical (unpaired) electrons. The van der Waals surface area contributed by atoms with Gasteiger partial charge in [-0.1, -0.05) is 214 Å². The van der Waals surface area contributed by atoms with E-state index in [2.05, 4.69) is 220 Å². The monoisotopic (exact) mass is 754 g/mol. The van der Waals surface area contributed by atoms with Gasteiger partial charge in [0.2, 0.25) is 0 Å². The van der Waals surface area contributed by atoms with Gasteiger partial charge < -0.3 is 4.42 Å². The minimum Gasteiger partial charge on any atom is -0.455 e. The summed E-state index contributed by atoms with van der Waals surface area (Å²) in [5, 5.41) is 2.31. The van der Waals surface area contributed by atoms with Gasteiger partial charge in [-0.3, -0.25) is 0 Å². The van der Waals surface area contributed by atoms with E-state index >= 15 is 0 Å². The molecule has 0 saturated carbocycles. The third kappa shape index (κ3) is 6.01. The zero-order valence-electron chi connectivity index (χ0n) is 33.2. The van der Waals surface area contributed by atoms with Gasteiger partial charge in [0.15, 0.2) is 0 Å². The van der Waals surface area contributed by atoms with Crippen LogP contribution in [0.15, 0.2) is 217 Å². The van der Waals surface area contributed by atoms with Crippen molar-refractivity contribution in [1.82, 2.24) is 0 Å². The van der Waals surface area contributed by atoms with E-state index in [-0.39, 0.29) is 11.3 Å². The molecule has 1 heteroatoms. The highest BCUT2D eigenvalue weighted by Crippen LogP contribution is 2.51. The Kier molecular flexibility index (Phi) is 8.31. The average molecular weight is 755 g/mol. The van der Waals surface area contributed by atoms with Crippen LogP contribution in [0.5, 0.6) is 0 Å². The van der Waals surface area contributed by atoms with E-state index in [1.807, 2.05) is 6.07 Å². The molecule has 10 aromatic rings. The van der Waals surface area contributed by atoms with Gasteiger partial charge in [0, 0.05) is 27.7 Å². The first-order valence-electron chi connectivity index (χ1n) is 20.6. The van der Waals surface area contributed by atoms with Crippen LogP contribution in [0.1, 0.15) is 47.6 Å². The highest BCUT2D eigenvalue weighted by molar-refractivity contribution is 6.09. The molecule has 1 atom stereocenters. The Morgan fingerprint density at radius 3 is 1.37 bits per heavy atom. The maximum absolute atomic E-state index is 6.48. The summed E-state index contributed by atoms with van der Waals surface area (Å²) in [6.07, 6.45) is 0. The standard InChI is InChI=1S/C58H42O/c1-58(2)53-36-46(48-17-11-18-52-51-16-9-10-19-55(51)59-57(48)52)32-34-49(53)50-35-33-47(37-54(50)58)56(44-28-24-41(25-29-44)39-14-7-4-8-15-39)45-30-26-43(27-31-45)42-22-20-40(21-23-42)38-12-5-3-6-13-38/h3-37,56H,1-2H3. The molecule has 59 heavy (non-hydrogen) atoms. The van der Waals surface area contributed by atoms with Gasteiger partial charge in [0.25, 0.3) is 0 Å². The molecule has 1 aromatic heterocycles. The Balaban J connectivity index is 0.972. The molecular weight excluding hydrogens is 713 g/mol. The van der Waals surface area contributed by atoms with Gasteiger partial charge in [-0.2, -0.15) is 0 Å². The Labute approximate surface area is 345 Å². The summed E-state index contributed by atoms with van der Waals surface area (Å²) in [6.45, 7) is 4.77. The fraction of sp³-hybridized carbons (Fsp3) is 0.0690. The SMILES string of the molecule is CC1(C)c2cc(-c3cccc4c3oc3ccccc34)ccc2-c2ccc(C(c3ccc(-c4ccccc4)cc3)c3ccc(-c4ccc(-c5ccccc5)cc4)cc3)cc21. The maximum Gasteiger partial charge on any atom is 0.143 e. The third-order valence-electron chi connectivity index (χ3n) is 12.7. The highest BCUT2D eigenvalue weighted by atomic mass is 16.3. The van der Waals surface area contributed by atoms with E-state index < -0.39 is 0 Å². The van der Waals surface area contributed by atoms with Gasteiger partial charge >= 0.3 is 0 Å². The number of para-hydroxylation sites is 2. The molecule has 0 N–H and O–H groups in total. The number of furan rings is 1. The van der Waals surface area contributed by atoms with Crippen LogP contribution >= 0.6 is 0 Å². The molecule has 1 heterocycles. The predicted octanol–water partition coefficient (Wildman–Crippen LogP) is 15.7. The number of hydrogen-bond donors (Lipinski definition) is 0. The van der Waals surface area contributed by atoms with Gasteiger partial charge in [-0.15, -0.1) is 0 Å². The number of hydrogen-bond acceptors (Lipinski definition) is 1. The molecule has 0 saturated heterocycles. The van der Waals surface area contributed by atoms with Crippen molar-refractivity contribution in [1.29, 1.82) is 0 Å². The number of fused-ring (bicyclic) bond motifs is 6. The van der Waals surface area contributed by atoms with Crippen molar-refractivity contribution >= 4 is 21.9 Å². The molecule has 9 aromatic carbocycles. The first-order valence-corrected chi connectivity index (χ1v) is 20.6. The Morgan fingerprint density at radius 2 is 0.780 bits per heavy atom. The molecule has 0 aliphatic heterocycles. The molecule has 0 amide bonds. The molecule has 1 unspecified atom stereocenters. The van der Waals surface area contributed by atoms with Crippen LogP contribution in [-0.2, 0) is 5.41 Å². The van der Waals surface area contributed by atoms with Gasteiger partial charge in [-0.25, -0.2) is 0 Å². The highest BCUT2D eigenvalue weighted by Gasteiger charge is 2.36. The zero-order chi connectivity index (χ0) is 39.5. The average Bonchev–Trinajstić information content (AvgIpc) is 3.79. The molecule has 11 rings (SSSR count). The fourth-order valence-corrected chi connectivity index (χ4v) is 9.51. The van der Waals surface area contributed by atoms with E-state index in [0.29, 0.717) is 0 Å². The minimum absolute atomic E-state index is 0.0559. The van der Waals surface area contributed by atoms with Crippen LogP contribution in [0.25, 0.3) is 77.6 Å². The molecular formula is C58H42O. The van der Waals surface area contributed by atoms with E-state index in [0.717, 1.165) is 27.5 Å². The lowest BCUT2D eigenvalue weighted by Crippen LogP contribution is -2.16. The summed E-state index contributed by atoms with van der Waals surface area (Å²) in [5.41, 5.74) is 20.5. The first kappa shape index (κ1) is 35.0. The molecule has 0 fully saturated rings. The topological polar surface area (TPSA) is 13.1 Å². The molecule has 280 valence electrons. The van der Waals surface area contributed by atoms with Crippen molar-refractivity contribution in [3.8, 4) is 55.6 Å². The summed E-state index contributed by atoms with van der Waals surface area (Å²) in [7, 11) is 0. The Bertz CT molecular complexity index is 3130. The Morgan fingerprint density at radius 1 is 0.339 bits per heavy atom. The van der Waals surface area contributed by atoms with E-state index in [9.17, 15) is 0 Å². The number of rotatable bonds is 7. The molecule has 1 nitrogen and oxygen atoms in total. The summed E-state index contributed by atoms with van der Waals surface area (Å²) in [5.74, 6) is 0.0559. The van der Waals surface area contributed by atoms with Crippen LogP contribution in [0, 0.1) is 0 Å². The van der Waals surface area contributed by atoms with E-state index in [4.69, 9.17) is 4.42 Å². The van der Waals surface area contributed by atoms with Crippen molar-refractivity contribution in [2.45, 2.75) is 25.2 Å². The third-order valence-corrected chi connectivity index (χ3v) is 12.7. The van der Waals surface area contributed by atoms with Crippen LogP contribution in [0.4, 0.5) is 0 Å². The van der Waals surface area contributed by atoms with Gasteiger partial charge in [0.1, 0.15) is 11.2 Å². The normalized spacial score (nSPS) is 13.3. The van der Waals surface area contributed by atoms with Crippen LogP contribution < -0.4 is 0 Å². The lowest BCUT2D eigenvalue weighted by Gasteiger charge is -2.25. The van der Waals surface area contributed by atoms with Crippen LogP contribution in [0.3, 0.4) is 0 Å². The van der Waals surface area contributed by atoms with E-state index in [1.54, 1.807) is 0 Å². The smallest absolute Gasteiger partial charge is 0.143 e. The largest absolute Gasteiger partial charge is 0.455 e. The summed E-state index contributed by atoms with van der Waals surface area (Å²) in [4.78, 5) is 0. The fourth-order valence-electron chi connectivity index (χ4n) is 9.51. The van der Waals surface area contributed by atoms with E-state index in [1.165, 1.54) is 77.9 Å². The second kappa shape index (κ2) is 14.0. The van der Waals surface area contributed by atoms with Crippen molar-refractivity contribution in [2.75, 3.05) is 0 Å². The zero-order valence-corrected chi connectivity index (χ0v) is 33.2. The molecule has 1 aliphatic carbocycles. The van der Waals surface area contributed by atoms with Crippen LogP contribution in [-0.4, -0.2) is 0 Å². The van der Waals surface area contributed by atoms with Crippen molar-refractivity contribution in [2.24, 2.45) is 0 Å². The van der Waals surface area contributed by atoms with Crippen molar-refractivity contribution < 1.29 is 4.42 Å². The first-order chi connectivity index (χ1) is 29.0. The van der Waals surface area contributed by atoms with Crippen LogP contribution in [0.2, 0.25) is 0 Å². The lowest BCUT2D eigenvalue weighted by atomic mass is 9.78. The van der Waals surface area contributed by atoms with Crippen molar-refractivity contribution in [3.63, 3.8) is 0 Å². The summed E-state index contributed by atoms with van der Waals surface area (Å²) in [6, 6.07) is 77.6. The molecule has 1 aliphatic rings. The summed E-state index contributed by atoms with van der Waals surface area (Å²) < 4.78 is 6.48. The quantitative estimate of drug-likeness (QED) is 0.148. The minimum atomic E-state index is -0.198. The van der Waals surface area contributed by atoms with Gasteiger partial charge in [0.05, 0.1) is 0 Å². The lowest BCUT2D eigenvalue weighted by molar-refractivity contribution is 0.658. The van der Waals surface area contributed by atoms with Gasteiger partial charge in [-0.05, 0) is 90.0 Å². The molecule has 0 bridgehead atoms. The van der Waals surface area contributed by atoms with Crippen molar-refractivity contribution in [3.05, 3.63) is 240 Å². The second-order valence-electron chi connectivity index (χ2n) is 16.5. The summed E-state index contributed by atoms with van der Waals surface area (Å²) >= 11 is 0. The second-order valence-corrected chi connectivity index (χ2v) is 16.5.